The quantitative estimate of drug-likeness (QED) is 0.872. The molecule has 1 aromatic heterocycles. The van der Waals surface area contributed by atoms with Crippen LogP contribution in [0.3, 0.4) is 0 Å². The van der Waals surface area contributed by atoms with Crippen LogP contribution < -0.4 is 5.32 Å². The first-order valence-electron chi connectivity index (χ1n) is 7.36. The van der Waals surface area contributed by atoms with E-state index in [-0.39, 0.29) is 5.60 Å². The lowest BCUT2D eigenvalue weighted by Crippen LogP contribution is -2.33. The van der Waals surface area contributed by atoms with Crippen LogP contribution >= 0.6 is 11.3 Å². The topological polar surface area (TPSA) is 41.5 Å². The minimum absolute atomic E-state index is 0.221. The predicted molar refractivity (Wildman–Crippen MR) is 77.5 cm³/mol. The molecule has 4 heteroatoms. The first-order chi connectivity index (χ1) is 9.27. The van der Waals surface area contributed by atoms with E-state index in [0.717, 1.165) is 12.1 Å². The van der Waals surface area contributed by atoms with Gasteiger partial charge in [0.1, 0.15) is 0 Å². The fourth-order valence-corrected chi connectivity index (χ4v) is 4.10. The average Bonchev–Trinajstić information content (AvgIpc) is 3.14. The number of nitrogens with one attached hydrogen (secondary N) is 1. The van der Waals surface area contributed by atoms with Gasteiger partial charge in [0.15, 0.2) is 0 Å². The van der Waals surface area contributed by atoms with Crippen molar-refractivity contribution in [2.45, 2.75) is 56.3 Å². The Balaban J connectivity index is 1.39. The van der Waals surface area contributed by atoms with E-state index >= 15 is 0 Å². The Morgan fingerprint density at radius 2 is 2.26 bits per heavy atom. The Morgan fingerprint density at radius 1 is 1.42 bits per heavy atom. The van der Waals surface area contributed by atoms with Gasteiger partial charge in [-0.15, -0.1) is 0 Å². The summed E-state index contributed by atoms with van der Waals surface area (Å²) in [7, 11) is 0. The minimum Gasteiger partial charge on any atom is -0.387 e. The molecule has 1 aromatic rings. The molecule has 1 aliphatic carbocycles. The molecule has 3 nitrogen and oxygen atoms in total. The Bertz CT molecular complexity index is 387. The molecule has 106 valence electrons. The van der Waals surface area contributed by atoms with E-state index in [1.165, 1.54) is 38.5 Å². The molecule has 2 atom stereocenters. The standard InChI is InChI=1S/C15H23NO2S/c17-14(12-4-8-19-11-12)10-16-9-13-3-7-15(18-13)5-1-2-6-15/h4,8,11,13-14,16-17H,1-3,5-7,9-10H2. The smallest absolute Gasteiger partial charge is 0.0922 e. The zero-order chi connectivity index (χ0) is 13.1. The van der Waals surface area contributed by atoms with Crippen molar-refractivity contribution in [1.82, 2.24) is 5.32 Å². The normalized spacial score (nSPS) is 27.1. The number of aliphatic hydroxyl groups excluding tert-OH is 1. The monoisotopic (exact) mass is 281 g/mol. The largest absolute Gasteiger partial charge is 0.387 e. The number of ether oxygens (including phenoxy) is 1. The fourth-order valence-electron chi connectivity index (χ4n) is 3.39. The van der Waals surface area contributed by atoms with Crippen molar-refractivity contribution in [1.29, 1.82) is 0 Å². The first-order valence-corrected chi connectivity index (χ1v) is 8.30. The van der Waals surface area contributed by atoms with Crippen LogP contribution in [0.15, 0.2) is 16.8 Å². The molecule has 2 aliphatic rings. The van der Waals surface area contributed by atoms with Gasteiger partial charge in [-0.05, 0) is 48.1 Å². The molecule has 2 unspecified atom stereocenters. The van der Waals surface area contributed by atoms with Gasteiger partial charge < -0.3 is 15.2 Å². The average molecular weight is 281 g/mol. The zero-order valence-electron chi connectivity index (χ0n) is 11.3. The molecule has 3 rings (SSSR count). The Labute approximate surface area is 119 Å². The van der Waals surface area contributed by atoms with Gasteiger partial charge in [0, 0.05) is 13.1 Å². The van der Waals surface area contributed by atoms with E-state index in [0.29, 0.717) is 12.6 Å². The van der Waals surface area contributed by atoms with Crippen molar-refractivity contribution >= 4 is 11.3 Å². The number of rotatable bonds is 5. The summed E-state index contributed by atoms with van der Waals surface area (Å²) < 4.78 is 6.24. The van der Waals surface area contributed by atoms with Crippen molar-refractivity contribution in [3.05, 3.63) is 22.4 Å². The summed E-state index contributed by atoms with van der Waals surface area (Å²) in [6, 6.07) is 1.98. The van der Waals surface area contributed by atoms with Gasteiger partial charge in [0.2, 0.25) is 0 Å². The zero-order valence-corrected chi connectivity index (χ0v) is 12.1. The van der Waals surface area contributed by atoms with E-state index in [1.807, 2.05) is 16.8 Å². The van der Waals surface area contributed by atoms with Crippen LogP contribution in [0.2, 0.25) is 0 Å². The molecule has 0 bridgehead atoms. The van der Waals surface area contributed by atoms with Crippen LogP contribution in [0, 0.1) is 0 Å². The Morgan fingerprint density at radius 3 is 3.00 bits per heavy atom. The number of hydrogen-bond donors (Lipinski definition) is 2. The summed E-state index contributed by atoms with van der Waals surface area (Å²) in [5, 5.41) is 17.4. The maximum Gasteiger partial charge on any atom is 0.0922 e. The number of hydrogen-bond acceptors (Lipinski definition) is 4. The van der Waals surface area contributed by atoms with Gasteiger partial charge in [-0.1, -0.05) is 12.8 Å². The molecule has 0 amide bonds. The lowest BCUT2D eigenvalue weighted by molar-refractivity contribution is -0.0357. The number of aliphatic hydroxyl groups is 1. The van der Waals surface area contributed by atoms with E-state index in [2.05, 4.69) is 5.32 Å². The van der Waals surface area contributed by atoms with Crippen molar-refractivity contribution in [3.8, 4) is 0 Å². The Hall–Kier alpha value is -0.420. The van der Waals surface area contributed by atoms with Crippen molar-refractivity contribution < 1.29 is 9.84 Å². The van der Waals surface area contributed by atoms with Crippen LogP contribution in [0.5, 0.6) is 0 Å². The van der Waals surface area contributed by atoms with Crippen LogP contribution in [-0.2, 0) is 4.74 Å². The summed E-state index contributed by atoms with van der Waals surface area (Å²) in [5.74, 6) is 0. The highest BCUT2D eigenvalue weighted by molar-refractivity contribution is 7.07. The summed E-state index contributed by atoms with van der Waals surface area (Å²) in [4.78, 5) is 0. The second-order valence-corrected chi connectivity index (χ2v) is 6.68. The first kappa shape index (κ1) is 13.6. The summed E-state index contributed by atoms with van der Waals surface area (Å²) in [6.45, 7) is 1.48. The third-order valence-electron chi connectivity index (χ3n) is 4.49. The fraction of sp³-hybridized carbons (Fsp3) is 0.733. The molecule has 1 aliphatic heterocycles. The molecule has 2 N–H and O–H groups in total. The lowest BCUT2D eigenvalue weighted by Gasteiger charge is -2.24. The van der Waals surface area contributed by atoms with Crippen LogP contribution in [-0.4, -0.2) is 29.9 Å². The molecule has 19 heavy (non-hydrogen) atoms. The molecule has 0 aromatic carbocycles. The highest BCUT2D eigenvalue weighted by atomic mass is 32.1. The van der Waals surface area contributed by atoms with Gasteiger partial charge in [-0.25, -0.2) is 0 Å². The summed E-state index contributed by atoms with van der Waals surface area (Å²) in [5.41, 5.74) is 1.23. The van der Waals surface area contributed by atoms with Gasteiger partial charge in [-0.3, -0.25) is 0 Å². The van der Waals surface area contributed by atoms with Gasteiger partial charge in [0.25, 0.3) is 0 Å². The second-order valence-electron chi connectivity index (χ2n) is 5.90. The van der Waals surface area contributed by atoms with Gasteiger partial charge in [-0.2, -0.15) is 11.3 Å². The third-order valence-corrected chi connectivity index (χ3v) is 5.19. The molecule has 0 radical (unpaired) electrons. The summed E-state index contributed by atoms with van der Waals surface area (Å²) >= 11 is 1.63. The SMILES string of the molecule is OC(CNCC1CCC2(CCCC2)O1)c1ccsc1. The van der Waals surface area contributed by atoms with Crippen molar-refractivity contribution in [2.24, 2.45) is 0 Å². The summed E-state index contributed by atoms with van der Waals surface area (Å²) in [6.07, 6.45) is 7.50. The predicted octanol–water partition coefficient (Wildman–Crippen LogP) is 2.86. The van der Waals surface area contributed by atoms with Crippen LogP contribution in [0.1, 0.15) is 50.2 Å². The number of thiophene rings is 1. The van der Waals surface area contributed by atoms with E-state index in [9.17, 15) is 5.11 Å². The van der Waals surface area contributed by atoms with Crippen LogP contribution in [0.25, 0.3) is 0 Å². The van der Waals surface area contributed by atoms with E-state index < -0.39 is 6.10 Å². The molecule has 1 saturated heterocycles. The molecule has 2 heterocycles. The Kier molecular flexibility index (Phi) is 4.22. The van der Waals surface area contributed by atoms with Crippen molar-refractivity contribution in [2.75, 3.05) is 13.1 Å². The van der Waals surface area contributed by atoms with E-state index in [4.69, 9.17) is 4.74 Å². The van der Waals surface area contributed by atoms with Crippen LogP contribution in [0.4, 0.5) is 0 Å². The minimum atomic E-state index is -0.395. The molecule has 1 spiro atoms. The highest BCUT2D eigenvalue weighted by Gasteiger charge is 2.41. The van der Waals surface area contributed by atoms with Gasteiger partial charge in [0.05, 0.1) is 17.8 Å². The van der Waals surface area contributed by atoms with E-state index in [1.54, 1.807) is 11.3 Å². The molecule has 1 saturated carbocycles. The maximum absolute atomic E-state index is 9.99. The lowest BCUT2D eigenvalue weighted by atomic mass is 9.98. The molecule has 2 fully saturated rings. The molecular weight excluding hydrogens is 258 g/mol. The van der Waals surface area contributed by atoms with Crippen molar-refractivity contribution in [3.63, 3.8) is 0 Å². The van der Waals surface area contributed by atoms with Gasteiger partial charge >= 0.3 is 0 Å². The second kappa shape index (κ2) is 5.92. The third kappa shape index (κ3) is 3.19. The highest BCUT2D eigenvalue weighted by Crippen LogP contribution is 2.43. The molecular formula is C15H23NO2S. The maximum atomic E-state index is 9.99.